The van der Waals surface area contributed by atoms with Gasteiger partial charge in [-0.2, -0.15) is 0 Å². The van der Waals surface area contributed by atoms with E-state index in [-0.39, 0.29) is 17.4 Å². The number of benzene rings is 2. The van der Waals surface area contributed by atoms with Crippen molar-refractivity contribution in [1.29, 1.82) is 0 Å². The van der Waals surface area contributed by atoms with Gasteiger partial charge in [-0.05, 0) is 81.2 Å². The highest BCUT2D eigenvalue weighted by Crippen LogP contribution is 2.44. The maximum Gasteiger partial charge on any atom is 0.306 e. The summed E-state index contributed by atoms with van der Waals surface area (Å²) < 4.78 is 11.9. The van der Waals surface area contributed by atoms with Crippen LogP contribution in [0.3, 0.4) is 0 Å². The summed E-state index contributed by atoms with van der Waals surface area (Å²) in [6.45, 7) is 0. The molecule has 162 valence electrons. The molecule has 4 heteroatoms. The van der Waals surface area contributed by atoms with Gasteiger partial charge < -0.3 is 14.6 Å². The molecule has 0 bridgehead atoms. The average molecular weight is 419 g/mol. The summed E-state index contributed by atoms with van der Waals surface area (Å²) in [7, 11) is 1.67. The fourth-order valence-corrected chi connectivity index (χ4v) is 4.81. The molecule has 1 N–H and O–H groups in total. The van der Waals surface area contributed by atoms with Crippen molar-refractivity contribution < 1.29 is 19.4 Å². The van der Waals surface area contributed by atoms with Crippen molar-refractivity contribution in [3.8, 4) is 23.3 Å². The summed E-state index contributed by atoms with van der Waals surface area (Å²) in [5.74, 6) is 7.41. The molecule has 0 unspecified atom stereocenters. The summed E-state index contributed by atoms with van der Waals surface area (Å²) in [4.78, 5) is 11.5. The molecular weight excluding hydrogens is 388 g/mol. The van der Waals surface area contributed by atoms with Crippen LogP contribution in [0, 0.1) is 17.8 Å². The maximum atomic E-state index is 11.5. The standard InChI is InChI=1S/C27H30O4/c1-30-24-12-11-22(19-25(24)31-23-9-5-6-10-23)27(16-13-20-7-3-2-4-8-20)17-14-21(15-18-27)26(28)29/h2-4,7-8,11-12,19,21,23H,5-6,9-10,14-15,17-18H2,1H3,(H,28,29)/t21-,27-. The van der Waals surface area contributed by atoms with Crippen molar-refractivity contribution in [1.82, 2.24) is 0 Å². The molecule has 2 aliphatic rings. The van der Waals surface area contributed by atoms with Gasteiger partial charge in [0.2, 0.25) is 0 Å². The summed E-state index contributed by atoms with van der Waals surface area (Å²) in [5, 5.41) is 9.49. The fraction of sp³-hybridized carbons (Fsp3) is 0.444. The number of carboxylic acid groups (broad SMARTS) is 1. The smallest absolute Gasteiger partial charge is 0.306 e. The molecule has 31 heavy (non-hydrogen) atoms. The van der Waals surface area contributed by atoms with Crippen LogP contribution in [0.1, 0.15) is 62.5 Å². The first-order chi connectivity index (χ1) is 15.1. The Bertz CT molecular complexity index is 956. The molecule has 0 amide bonds. The predicted octanol–water partition coefficient (Wildman–Crippen LogP) is 5.58. The van der Waals surface area contributed by atoms with E-state index in [1.165, 1.54) is 12.8 Å². The molecule has 4 rings (SSSR count). The molecule has 0 spiro atoms. The van der Waals surface area contributed by atoms with Gasteiger partial charge in [0, 0.05) is 5.56 Å². The van der Waals surface area contributed by atoms with Gasteiger partial charge in [0.1, 0.15) is 0 Å². The highest BCUT2D eigenvalue weighted by Gasteiger charge is 2.38. The number of aliphatic carboxylic acids is 1. The van der Waals surface area contributed by atoms with Crippen molar-refractivity contribution >= 4 is 5.97 Å². The van der Waals surface area contributed by atoms with Gasteiger partial charge >= 0.3 is 5.97 Å². The van der Waals surface area contributed by atoms with Crippen LogP contribution in [0.5, 0.6) is 11.5 Å². The van der Waals surface area contributed by atoms with E-state index in [1.807, 2.05) is 36.4 Å². The van der Waals surface area contributed by atoms with Crippen LogP contribution in [0.15, 0.2) is 48.5 Å². The van der Waals surface area contributed by atoms with Crippen LogP contribution in [0.2, 0.25) is 0 Å². The minimum atomic E-state index is -0.704. The summed E-state index contributed by atoms with van der Waals surface area (Å²) in [5.41, 5.74) is 1.67. The third-order valence-electron chi connectivity index (χ3n) is 6.72. The Balaban J connectivity index is 1.69. The zero-order valence-corrected chi connectivity index (χ0v) is 18.1. The van der Waals surface area contributed by atoms with Gasteiger partial charge in [-0.3, -0.25) is 4.79 Å². The molecule has 4 nitrogen and oxygen atoms in total. The van der Waals surface area contributed by atoms with E-state index in [4.69, 9.17) is 9.47 Å². The van der Waals surface area contributed by atoms with Crippen LogP contribution in [-0.2, 0) is 10.2 Å². The lowest BCUT2D eigenvalue weighted by Crippen LogP contribution is -2.33. The van der Waals surface area contributed by atoms with E-state index in [0.29, 0.717) is 12.8 Å². The lowest BCUT2D eigenvalue weighted by Gasteiger charge is -2.36. The molecule has 0 aromatic heterocycles. The molecule has 0 aliphatic heterocycles. The first-order valence-corrected chi connectivity index (χ1v) is 11.3. The Morgan fingerprint density at radius 1 is 1.00 bits per heavy atom. The van der Waals surface area contributed by atoms with Crippen molar-refractivity contribution in [2.75, 3.05) is 7.11 Å². The largest absolute Gasteiger partial charge is 0.493 e. The Morgan fingerprint density at radius 3 is 2.35 bits per heavy atom. The monoisotopic (exact) mass is 418 g/mol. The van der Waals surface area contributed by atoms with Crippen molar-refractivity contribution in [2.24, 2.45) is 5.92 Å². The molecule has 0 saturated heterocycles. The molecule has 0 atom stereocenters. The SMILES string of the molecule is COc1ccc([C@]2(C#Cc3ccccc3)CC[C@@H](C(=O)O)CC2)cc1OC1CCCC1. The molecule has 2 aromatic carbocycles. The van der Waals surface area contributed by atoms with Gasteiger partial charge in [-0.1, -0.05) is 36.1 Å². The molecule has 0 heterocycles. The number of carboxylic acids is 1. The van der Waals surface area contributed by atoms with Gasteiger partial charge in [0.15, 0.2) is 11.5 Å². The van der Waals surface area contributed by atoms with Gasteiger partial charge in [-0.25, -0.2) is 0 Å². The predicted molar refractivity (Wildman–Crippen MR) is 120 cm³/mol. The molecular formula is C27H30O4. The molecule has 0 radical (unpaired) electrons. The number of rotatable bonds is 5. The fourth-order valence-electron chi connectivity index (χ4n) is 4.81. The van der Waals surface area contributed by atoms with Crippen molar-refractivity contribution in [2.45, 2.75) is 62.9 Å². The second kappa shape index (κ2) is 9.47. The highest BCUT2D eigenvalue weighted by molar-refractivity contribution is 5.70. The maximum absolute atomic E-state index is 11.5. The first-order valence-electron chi connectivity index (χ1n) is 11.3. The topological polar surface area (TPSA) is 55.8 Å². The Labute approximate surface area is 184 Å². The van der Waals surface area contributed by atoms with Crippen LogP contribution < -0.4 is 9.47 Å². The van der Waals surface area contributed by atoms with E-state index in [0.717, 1.165) is 48.3 Å². The Kier molecular flexibility index (Phi) is 6.51. The van der Waals surface area contributed by atoms with E-state index in [2.05, 4.69) is 24.0 Å². The zero-order valence-electron chi connectivity index (χ0n) is 18.1. The average Bonchev–Trinajstić information content (AvgIpc) is 3.32. The molecule has 2 saturated carbocycles. The number of hydrogen-bond acceptors (Lipinski definition) is 3. The zero-order chi connectivity index (χ0) is 21.7. The van der Waals surface area contributed by atoms with E-state index >= 15 is 0 Å². The van der Waals surface area contributed by atoms with E-state index in [9.17, 15) is 9.90 Å². The second-order valence-electron chi connectivity index (χ2n) is 8.70. The number of hydrogen-bond donors (Lipinski definition) is 1. The van der Waals surface area contributed by atoms with Crippen LogP contribution in [-0.4, -0.2) is 24.3 Å². The second-order valence-corrected chi connectivity index (χ2v) is 8.70. The molecule has 2 fully saturated rings. The lowest BCUT2D eigenvalue weighted by atomic mass is 9.67. The third-order valence-corrected chi connectivity index (χ3v) is 6.72. The first kappa shape index (κ1) is 21.3. The molecule has 2 aromatic rings. The van der Waals surface area contributed by atoms with Gasteiger partial charge in [0.25, 0.3) is 0 Å². The van der Waals surface area contributed by atoms with Crippen LogP contribution >= 0.6 is 0 Å². The summed E-state index contributed by atoms with van der Waals surface area (Å²) >= 11 is 0. The normalized spacial score (nSPS) is 23.6. The number of carbonyl (C=O) groups is 1. The van der Waals surface area contributed by atoms with Gasteiger partial charge in [0.05, 0.1) is 24.5 Å². The van der Waals surface area contributed by atoms with E-state index in [1.54, 1.807) is 7.11 Å². The van der Waals surface area contributed by atoms with Gasteiger partial charge in [-0.15, -0.1) is 0 Å². The Morgan fingerprint density at radius 2 is 1.71 bits per heavy atom. The van der Waals surface area contributed by atoms with E-state index < -0.39 is 5.97 Å². The lowest BCUT2D eigenvalue weighted by molar-refractivity contribution is -0.143. The van der Waals surface area contributed by atoms with Crippen molar-refractivity contribution in [3.63, 3.8) is 0 Å². The Hall–Kier alpha value is -2.93. The quantitative estimate of drug-likeness (QED) is 0.644. The minimum Gasteiger partial charge on any atom is -0.493 e. The summed E-state index contributed by atoms with van der Waals surface area (Å²) in [6, 6.07) is 16.1. The minimum absolute atomic E-state index is 0.234. The summed E-state index contributed by atoms with van der Waals surface area (Å²) in [6.07, 6.45) is 7.49. The van der Waals surface area contributed by atoms with Crippen LogP contribution in [0.25, 0.3) is 0 Å². The highest BCUT2D eigenvalue weighted by atomic mass is 16.5. The van der Waals surface area contributed by atoms with Crippen molar-refractivity contribution in [3.05, 3.63) is 59.7 Å². The third kappa shape index (κ3) is 4.88. The number of methoxy groups -OCH3 is 1. The van der Waals surface area contributed by atoms with Crippen LogP contribution in [0.4, 0.5) is 0 Å². The molecule has 2 aliphatic carbocycles. The number of ether oxygens (including phenoxy) is 2.